The van der Waals surface area contributed by atoms with Gasteiger partial charge in [0.1, 0.15) is 17.4 Å². The van der Waals surface area contributed by atoms with Crippen molar-refractivity contribution in [3.8, 4) is 0 Å². The SMILES string of the molecule is CC(C)[C@@H](NC(=O)Cc1cccc2ccccc12)C(=O)OCC(=O)N[C@H](C)c1cc2ccccc2o1. The van der Waals surface area contributed by atoms with Crippen molar-refractivity contribution in [3.05, 3.63) is 84.1 Å². The van der Waals surface area contributed by atoms with Crippen LogP contribution in [0.25, 0.3) is 21.7 Å². The summed E-state index contributed by atoms with van der Waals surface area (Å²) in [5.41, 5.74) is 1.61. The summed E-state index contributed by atoms with van der Waals surface area (Å²) in [6, 6.07) is 21.8. The van der Waals surface area contributed by atoms with Gasteiger partial charge in [0.2, 0.25) is 5.91 Å². The Labute approximate surface area is 209 Å². The van der Waals surface area contributed by atoms with Crippen LogP contribution in [0.4, 0.5) is 0 Å². The first-order valence-corrected chi connectivity index (χ1v) is 12.0. The molecule has 1 aromatic heterocycles. The van der Waals surface area contributed by atoms with Gasteiger partial charge in [-0.3, -0.25) is 9.59 Å². The monoisotopic (exact) mass is 486 g/mol. The van der Waals surface area contributed by atoms with Crippen molar-refractivity contribution in [2.45, 2.75) is 39.3 Å². The first kappa shape index (κ1) is 25.0. The maximum atomic E-state index is 12.8. The lowest BCUT2D eigenvalue weighted by Crippen LogP contribution is -2.46. The number of carbonyl (C=O) groups is 3. The summed E-state index contributed by atoms with van der Waals surface area (Å²) >= 11 is 0. The molecule has 0 radical (unpaired) electrons. The van der Waals surface area contributed by atoms with Gasteiger partial charge in [-0.15, -0.1) is 0 Å². The van der Waals surface area contributed by atoms with E-state index in [1.54, 1.807) is 6.92 Å². The van der Waals surface area contributed by atoms with E-state index in [2.05, 4.69) is 10.6 Å². The number of hydrogen-bond acceptors (Lipinski definition) is 5. The van der Waals surface area contributed by atoms with E-state index in [-0.39, 0.29) is 18.2 Å². The highest BCUT2D eigenvalue weighted by atomic mass is 16.5. The van der Waals surface area contributed by atoms with Crippen LogP contribution in [0.2, 0.25) is 0 Å². The predicted molar refractivity (Wildman–Crippen MR) is 138 cm³/mol. The van der Waals surface area contributed by atoms with E-state index in [9.17, 15) is 14.4 Å². The molecule has 4 aromatic rings. The lowest BCUT2D eigenvalue weighted by molar-refractivity contribution is -0.153. The smallest absolute Gasteiger partial charge is 0.329 e. The summed E-state index contributed by atoms with van der Waals surface area (Å²) in [4.78, 5) is 37.9. The molecule has 0 aliphatic rings. The minimum atomic E-state index is -0.868. The summed E-state index contributed by atoms with van der Waals surface area (Å²) in [5.74, 6) is -1.00. The van der Waals surface area contributed by atoms with Gasteiger partial charge in [-0.1, -0.05) is 74.5 Å². The molecule has 2 atom stereocenters. The number of nitrogens with one attached hydrogen (secondary N) is 2. The average Bonchev–Trinajstić information content (AvgIpc) is 3.30. The Hall–Kier alpha value is -4.13. The number of hydrogen-bond donors (Lipinski definition) is 2. The minimum Gasteiger partial charge on any atom is -0.459 e. The van der Waals surface area contributed by atoms with Crippen LogP contribution in [0.1, 0.15) is 38.1 Å². The molecule has 2 N–H and O–H groups in total. The molecule has 36 heavy (non-hydrogen) atoms. The van der Waals surface area contributed by atoms with Gasteiger partial charge >= 0.3 is 5.97 Å². The average molecular weight is 487 g/mol. The van der Waals surface area contributed by atoms with Gasteiger partial charge in [-0.05, 0) is 41.3 Å². The highest BCUT2D eigenvalue weighted by Crippen LogP contribution is 2.23. The summed E-state index contributed by atoms with van der Waals surface area (Å²) in [7, 11) is 0. The fourth-order valence-electron chi connectivity index (χ4n) is 4.14. The molecule has 0 aliphatic carbocycles. The molecule has 7 heteroatoms. The lowest BCUT2D eigenvalue weighted by atomic mass is 10.0. The van der Waals surface area contributed by atoms with Gasteiger partial charge in [0.15, 0.2) is 6.61 Å². The van der Waals surface area contributed by atoms with Crippen LogP contribution >= 0.6 is 0 Å². The van der Waals surface area contributed by atoms with Crippen LogP contribution in [0.15, 0.2) is 77.2 Å². The van der Waals surface area contributed by atoms with Gasteiger partial charge in [0.05, 0.1) is 12.5 Å². The lowest BCUT2D eigenvalue weighted by Gasteiger charge is -2.21. The quantitative estimate of drug-likeness (QED) is 0.335. The first-order valence-electron chi connectivity index (χ1n) is 12.0. The van der Waals surface area contributed by atoms with E-state index in [4.69, 9.17) is 9.15 Å². The van der Waals surface area contributed by atoms with Crippen LogP contribution in [0.3, 0.4) is 0 Å². The molecule has 186 valence electrons. The number of amides is 2. The van der Waals surface area contributed by atoms with Crippen molar-refractivity contribution >= 4 is 39.5 Å². The highest BCUT2D eigenvalue weighted by molar-refractivity contribution is 5.92. The zero-order valence-corrected chi connectivity index (χ0v) is 20.6. The third kappa shape index (κ3) is 5.92. The molecule has 0 spiro atoms. The molecule has 0 saturated heterocycles. The summed E-state index contributed by atoms with van der Waals surface area (Å²) < 4.78 is 11.0. The molecule has 0 unspecified atom stereocenters. The minimum absolute atomic E-state index is 0.132. The van der Waals surface area contributed by atoms with Crippen molar-refractivity contribution in [3.63, 3.8) is 0 Å². The second-order valence-electron chi connectivity index (χ2n) is 9.19. The van der Waals surface area contributed by atoms with E-state index in [0.717, 1.165) is 27.3 Å². The predicted octanol–water partition coefficient (Wildman–Crippen LogP) is 4.69. The summed E-state index contributed by atoms with van der Waals surface area (Å²) in [6.45, 7) is 4.97. The Kier molecular flexibility index (Phi) is 7.68. The number of furan rings is 1. The van der Waals surface area contributed by atoms with E-state index in [1.165, 1.54) is 0 Å². The highest BCUT2D eigenvalue weighted by Gasteiger charge is 2.27. The number of rotatable bonds is 9. The van der Waals surface area contributed by atoms with Crippen molar-refractivity contribution in [1.29, 1.82) is 0 Å². The largest absolute Gasteiger partial charge is 0.459 e. The Morgan fingerprint density at radius 1 is 0.833 bits per heavy atom. The van der Waals surface area contributed by atoms with Crippen LogP contribution in [-0.4, -0.2) is 30.4 Å². The van der Waals surface area contributed by atoms with Crippen molar-refractivity contribution in [1.82, 2.24) is 10.6 Å². The van der Waals surface area contributed by atoms with Crippen LogP contribution < -0.4 is 10.6 Å². The number of para-hydroxylation sites is 1. The second-order valence-corrected chi connectivity index (χ2v) is 9.19. The molecular formula is C29H30N2O5. The molecule has 4 rings (SSSR count). The molecule has 0 aliphatic heterocycles. The number of ether oxygens (including phenoxy) is 1. The van der Waals surface area contributed by atoms with Gasteiger partial charge in [-0.2, -0.15) is 0 Å². The first-order chi connectivity index (χ1) is 17.3. The van der Waals surface area contributed by atoms with Crippen LogP contribution in [0.5, 0.6) is 0 Å². The van der Waals surface area contributed by atoms with Gasteiger partial charge < -0.3 is 19.8 Å². The molecule has 0 saturated carbocycles. The van der Waals surface area contributed by atoms with E-state index >= 15 is 0 Å². The van der Waals surface area contributed by atoms with E-state index in [1.807, 2.05) is 86.6 Å². The molecule has 1 heterocycles. The van der Waals surface area contributed by atoms with Gasteiger partial charge in [0.25, 0.3) is 5.91 Å². The Bertz CT molecular complexity index is 1350. The zero-order chi connectivity index (χ0) is 25.7. The molecule has 3 aromatic carbocycles. The molecule has 7 nitrogen and oxygen atoms in total. The van der Waals surface area contributed by atoms with E-state index < -0.39 is 30.6 Å². The van der Waals surface area contributed by atoms with Crippen molar-refractivity contribution < 1.29 is 23.5 Å². The van der Waals surface area contributed by atoms with Crippen LogP contribution in [0, 0.1) is 5.92 Å². The van der Waals surface area contributed by atoms with Gasteiger partial charge in [0, 0.05) is 5.39 Å². The molecule has 0 fully saturated rings. The van der Waals surface area contributed by atoms with E-state index in [0.29, 0.717) is 5.76 Å². The summed E-state index contributed by atoms with van der Waals surface area (Å²) in [6.07, 6.45) is 0.132. The normalized spacial score (nSPS) is 12.9. The summed E-state index contributed by atoms with van der Waals surface area (Å²) in [5, 5.41) is 8.53. The number of carbonyl (C=O) groups excluding carboxylic acids is 3. The molecule has 0 bridgehead atoms. The van der Waals surface area contributed by atoms with Crippen molar-refractivity contribution in [2.75, 3.05) is 6.61 Å². The number of benzene rings is 3. The Balaban J connectivity index is 1.31. The topological polar surface area (TPSA) is 97.6 Å². The maximum absolute atomic E-state index is 12.8. The van der Waals surface area contributed by atoms with Crippen LogP contribution in [-0.2, 0) is 25.5 Å². The number of esters is 1. The third-order valence-electron chi connectivity index (χ3n) is 6.06. The van der Waals surface area contributed by atoms with Gasteiger partial charge in [-0.25, -0.2) is 4.79 Å². The number of fused-ring (bicyclic) bond motifs is 2. The second kappa shape index (κ2) is 11.1. The molecule has 2 amide bonds. The Morgan fingerprint density at radius 3 is 2.28 bits per heavy atom. The molecular weight excluding hydrogens is 456 g/mol. The fraction of sp³-hybridized carbons (Fsp3) is 0.276. The van der Waals surface area contributed by atoms with Crippen molar-refractivity contribution in [2.24, 2.45) is 5.92 Å². The standard InChI is InChI=1S/C29H30N2O5/c1-18(2)28(31-26(32)16-21-12-8-11-20-9-4-6-13-23(20)21)29(34)35-17-27(33)30-19(3)25-15-22-10-5-7-14-24(22)36-25/h4-15,18-19,28H,16-17H2,1-3H3,(H,30,33)(H,31,32)/t19-,28-/m1/s1. The fourth-order valence-corrected chi connectivity index (χ4v) is 4.14. The maximum Gasteiger partial charge on any atom is 0.329 e. The zero-order valence-electron chi connectivity index (χ0n) is 20.6. The Morgan fingerprint density at radius 2 is 1.53 bits per heavy atom. The third-order valence-corrected chi connectivity index (χ3v) is 6.06.